The van der Waals surface area contributed by atoms with Gasteiger partial charge in [0.1, 0.15) is 5.76 Å². The molecule has 1 aliphatic heterocycles. The lowest BCUT2D eigenvalue weighted by atomic mass is 9.93. The number of likely N-dealkylation sites (tertiary alicyclic amines) is 1. The summed E-state index contributed by atoms with van der Waals surface area (Å²) in [5.41, 5.74) is 2.31. The second kappa shape index (κ2) is 11.2. The molecule has 1 unspecified atom stereocenters. The number of nitrogens with zero attached hydrogens (tertiary/aromatic N) is 3. The lowest BCUT2D eigenvalue weighted by molar-refractivity contribution is 0.0739. The van der Waals surface area contributed by atoms with Crippen LogP contribution in [0.25, 0.3) is 0 Å². The highest BCUT2D eigenvalue weighted by Crippen LogP contribution is 2.23. The molecular formula is C20H38IN5O. The van der Waals surface area contributed by atoms with Crippen LogP contribution < -0.4 is 10.6 Å². The Kier molecular flexibility index (Phi) is 10.1. The molecule has 27 heavy (non-hydrogen) atoms. The van der Waals surface area contributed by atoms with E-state index >= 15 is 0 Å². The average Bonchev–Trinajstić information content (AvgIpc) is 3.04. The lowest BCUT2D eigenvalue weighted by Crippen LogP contribution is -2.55. The standard InChI is InChI=1S/C20H37N5O.HI/c1-7-17-16(18(8-2)26-24-17)12-22-19(21-6)23-14-20(4,5)25-11-9-10-15(3)13-25;/h15H,7-14H2,1-6H3,(H2,21,22,23);1H. The van der Waals surface area contributed by atoms with E-state index in [1.165, 1.54) is 31.5 Å². The molecule has 0 radical (unpaired) electrons. The van der Waals surface area contributed by atoms with Gasteiger partial charge < -0.3 is 15.2 Å². The van der Waals surface area contributed by atoms with E-state index in [1.54, 1.807) is 0 Å². The van der Waals surface area contributed by atoms with Crippen LogP contribution in [0.3, 0.4) is 0 Å². The van der Waals surface area contributed by atoms with Crippen LogP contribution in [0.15, 0.2) is 9.52 Å². The van der Waals surface area contributed by atoms with E-state index in [1.807, 2.05) is 7.05 Å². The Morgan fingerprint density at radius 1 is 1.30 bits per heavy atom. The number of piperidine rings is 1. The fourth-order valence-corrected chi connectivity index (χ4v) is 3.68. The number of aromatic nitrogens is 1. The molecule has 1 aromatic heterocycles. The molecule has 1 aliphatic rings. The molecule has 0 bridgehead atoms. The van der Waals surface area contributed by atoms with Gasteiger partial charge in [0, 0.05) is 44.2 Å². The molecule has 156 valence electrons. The van der Waals surface area contributed by atoms with Crippen molar-refractivity contribution in [2.75, 3.05) is 26.7 Å². The number of halogens is 1. The minimum Gasteiger partial charge on any atom is -0.361 e. The second-order valence-electron chi connectivity index (χ2n) is 8.02. The largest absolute Gasteiger partial charge is 0.361 e. The van der Waals surface area contributed by atoms with Gasteiger partial charge in [-0.1, -0.05) is 25.9 Å². The molecule has 2 rings (SSSR count). The first-order valence-corrected chi connectivity index (χ1v) is 10.1. The Hall–Kier alpha value is -0.830. The maximum Gasteiger partial charge on any atom is 0.191 e. The van der Waals surface area contributed by atoms with E-state index in [9.17, 15) is 0 Å². The third kappa shape index (κ3) is 6.62. The topological polar surface area (TPSA) is 65.7 Å². The van der Waals surface area contributed by atoms with Gasteiger partial charge in [0.25, 0.3) is 0 Å². The first-order chi connectivity index (χ1) is 12.4. The second-order valence-corrected chi connectivity index (χ2v) is 8.02. The van der Waals surface area contributed by atoms with Crippen LogP contribution in [-0.4, -0.2) is 48.2 Å². The van der Waals surface area contributed by atoms with Gasteiger partial charge in [0.05, 0.1) is 5.69 Å². The smallest absolute Gasteiger partial charge is 0.191 e. The third-order valence-electron chi connectivity index (χ3n) is 5.46. The van der Waals surface area contributed by atoms with Gasteiger partial charge in [-0.2, -0.15) is 0 Å². The van der Waals surface area contributed by atoms with E-state index in [0.717, 1.165) is 42.7 Å². The van der Waals surface area contributed by atoms with Gasteiger partial charge in [-0.05, 0) is 45.6 Å². The van der Waals surface area contributed by atoms with E-state index < -0.39 is 0 Å². The normalized spacial score (nSPS) is 18.9. The summed E-state index contributed by atoms with van der Waals surface area (Å²) < 4.78 is 5.45. The molecule has 1 fully saturated rings. The Bertz CT molecular complexity index is 578. The molecule has 0 aliphatic carbocycles. The van der Waals surface area contributed by atoms with Gasteiger partial charge in [-0.25, -0.2) is 0 Å². The first kappa shape index (κ1) is 24.2. The number of nitrogens with one attached hydrogen (secondary N) is 2. The third-order valence-corrected chi connectivity index (χ3v) is 5.46. The zero-order chi connectivity index (χ0) is 19.2. The Balaban J connectivity index is 0.00000364. The number of rotatable bonds is 7. The van der Waals surface area contributed by atoms with Gasteiger partial charge in [-0.15, -0.1) is 24.0 Å². The average molecular weight is 491 g/mol. The predicted molar refractivity (Wildman–Crippen MR) is 123 cm³/mol. The van der Waals surface area contributed by atoms with Crippen LogP contribution >= 0.6 is 24.0 Å². The molecule has 0 aromatic carbocycles. The lowest BCUT2D eigenvalue weighted by Gasteiger charge is -2.43. The predicted octanol–water partition coefficient (Wildman–Crippen LogP) is 3.59. The van der Waals surface area contributed by atoms with Crippen LogP contribution in [0, 0.1) is 5.92 Å². The van der Waals surface area contributed by atoms with Crippen LogP contribution in [0.4, 0.5) is 0 Å². The molecule has 2 N–H and O–H groups in total. The van der Waals surface area contributed by atoms with E-state index in [0.29, 0.717) is 6.54 Å². The van der Waals surface area contributed by atoms with Gasteiger partial charge in [0.2, 0.25) is 0 Å². The summed E-state index contributed by atoms with van der Waals surface area (Å²) >= 11 is 0. The first-order valence-electron chi connectivity index (χ1n) is 10.1. The number of aryl methyl sites for hydroxylation is 2. The molecule has 1 saturated heterocycles. The quantitative estimate of drug-likeness (QED) is 0.347. The summed E-state index contributed by atoms with van der Waals surface area (Å²) in [6.45, 7) is 15.1. The number of guanidine groups is 1. The van der Waals surface area contributed by atoms with Crippen molar-refractivity contribution >= 4 is 29.9 Å². The van der Waals surface area contributed by atoms with Crippen molar-refractivity contribution in [1.82, 2.24) is 20.7 Å². The summed E-state index contributed by atoms with van der Waals surface area (Å²) in [7, 11) is 1.82. The van der Waals surface area contributed by atoms with Crippen molar-refractivity contribution in [1.29, 1.82) is 0 Å². The van der Waals surface area contributed by atoms with Gasteiger partial charge in [0.15, 0.2) is 5.96 Å². The van der Waals surface area contributed by atoms with Gasteiger partial charge >= 0.3 is 0 Å². The monoisotopic (exact) mass is 491 g/mol. The Labute approximate surface area is 181 Å². The highest BCUT2D eigenvalue weighted by Gasteiger charge is 2.30. The van der Waals surface area contributed by atoms with Crippen LogP contribution in [0.5, 0.6) is 0 Å². The van der Waals surface area contributed by atoms with Crippen molar-refractivity contribution in [2.24, 2.45) is 10.9 Å². The molecule has 0 saturated carbocycles. The summed E-state index contributed by atoms with van der Waals surface area (Å²) in [5.74, 6) is 2.58. The molecule has 0 amide bonds. The minimum atomic E-state index is 0. The number of hydrogen-bond donors (Lipinski definition) is 2. The number of hydrogen-bond acceptors (Lipinski definition) is 4. The fraction of sp³-hybridized carbons (Fsp3) is 0.800. The molecule has 6 nitrogen and oxygen atoms in total. The van der Waals surface area contributed by atoms with Crippen molar-refractivity contribution in [3.05, 3.63) is 17.0 Å². The van der Waals surface area contributed by atoms with E-state index in [4.69, 9.17) is 4.52 Å². The van der Waals surface area contributed by atoms with Crippen molar-refractivity contribution in [3.8, 4) is 0 Å². The summed E-state index contributed by atoms with van der Waals surface area (Å²) in [6.07, 6.45) is 4.38. The van der Waals surface area contributed by atoms with E-state index in [-0.39, 0.29) is 29.5 Å². The zero-order valence-corrected chi connectivity index (χ0v) is 20.2. The Morgan fingerprint density at radius 3 is 2.63 bits per heavy atom. The molecule has 0 spiro atoms. The Morgan fingerprint density at radius 2 is 2.04 bits per heavy atom. The summed E-state index contributed by atoms with van der Waals surface area (Å²) in [5, 5.41) is 11.1. The summed E-state index contributed by atoms with van der Waals surface area (Å²) in [4.78, 5) is 6.99. The maximum atomic E-state index is 5.45. The SMILES string of the molecule is CCc1noc(CC)c1CNC(=NC)NCC(C)(C)N1CCCC(C)C1.I. The molecular weight excluding hydrogens is 453 g/mol. The van der Waals surface area contributed by atoms with Crippen LogP contribution in [0.2, 0.25) is 0 Å². The van der Waals surface area contributed by atoms with Crippen LogP contribution in [0.1, 0.15) is 64.5 Å². The fourth-order valence-electron chi connectivity index (χ4n) is 3.68. The highest BCUT2D eigenvalue weighted by atomic mass is 127. The molecule has 1 aromatic rings. The highest BCUT2D eigenvalue weighted by molar-refractivity contribution is 14.0. The summed E-state index contributed by atoms with van der Waals surface area (Å²) in [6, 6.07) is 0. The van der Waals surface area contributed by atoms with Crippen molar-refractivity contribution < 1.29 is 4.52 Å². The molecule has 7 heteroatoms. The zero-order valence-electron chi connectivity index (χ0n) is 17.9. The maximum absolute atomic E-state index is 5.45. The van der Waals surface area contributed by atoms with Crippen molar-refractivity contribution in [3.63, 3.8) is 0 Å². The molecule has 1 atom stereocenters. The number of aliphatic imine (C=N–C) groups is 1. The van der Waals surface area contributed by atoms with Crippen LogP contribution in [-0.2, 0) is 19.4 Å². The molecule has 2 heterocycles. The van der Waals surface area contributed by atoms with Gasteiger partial charge in [-0.3, -0.25) is 9.89 Å². The van der Waals surface area contributed by atoms with Crippen molar-refractivity contribution in [2.45, 2.75) is 72.4 Å². The van der Waals surface area contributed by atoms with E-state index in [2.05, 4.69) is 60.3 Å². The minimum absolute atomic E-state index is 0.